The third-order valence-electron chi connectivity index (χ3n) is 0.979. The predicted octanol–water partition coefficient (Wildman–Crippen LogP) is -0.653. The van der Waals surface area contributed by atoms with E-state index in [1.165, 1.54) is 5.57 Å². The van der Waals surface area contributed by atoms with Crippen molar-refractivity contribution in [1.29, 1.82) is 0 Å². The van der Waals surface area contributed by atoms with E-state index in [0.29, 0.717) is 0 Å². The molecule has 0 amide bonds. The first-order valence-electron chi connectivity index (χ1n) is 2.30. The van der Waals surface area contributed by atoms with Crippen LogP contribution in [0.4, 0.5) is 0 Å². The fourth-order valence-corrected chi connectivity index (χ4v) is 0.174. The normalized spacial score (nSPS) is 11.2. The standard InChI is InChI=1S/C7H11.K/c1-5-7(4)6(2)3;/h5H,1-2H2,3-4H3;/q-1;+1. The summed E-state index contributed by atoms with van der Waals surface area (Å²) in [5.41, 5.74) is 2.26. The van der Waals surface area contributed by atoms with Gasteiger partial charge in [0.15, 0.2) is 0 Å². The Hall–Kier alpha value is 0.986. The third-order valence-corrected chi connectivity index (χ3v) is 0.979. The van der Waals surface area contributed by atoms with Gasteiger partial charge in [0, 0.05) is 0 Å². The van der Waals surface area contributed by atoms with Gasteiger partial charge in [0.05, 0.1) is 0 Å². The van der Waals surface area contributed by atoms with Crippen molar-refractivity contribution < 1.29 is 51.4 Å². The fourth-order valence-electron chi connectivity index (χ4n) is 0.174. The van der Waals surface area contributed by atoms with Gasteiger partial charge in [-0.05, 0) is 0 Å². The molecule has 0 rings (SSSR count). The SMILES string of the molecule is C=CC(C)=C([CH2-])C.[K+]. The molecular formula is C7H11K. The van der Waals surface area contributed by atoms with Crippen molar-refractivity contribution in [1.82, 2.24) is 0 Å². The van der Waals surface area contributed by atoms with E-state index >= 15 is 0 Å². The molecular weight excluding hydrogens is 123 g/mol. The molecule has 1 heteroatoms. The zero-order valence-electron chi connectivity index (χ0n) is 5.99. The molecule has 0 fully saturated rings. The summed E-state index contributed by atoms with van der Waals surface area (Å²) in [5, 5.41) is 0. The average Bonchev–Trinajstić information content (AvgIpc) is 1.65. The Morgan fingerprint density at radius 3 is 1.88 bits per heavy atom. The molecule has 0 spiro atoms. The van der Waals surface area contributed by atoms with Gasteiger partial charge >= 0.3 is 51.4 Å². The van der Waals surface area contributed by atoms with Gasteiger partial charge in [-0.15, -0.1) is 19.6 Å². The smallest absolute Gasteiger partial charge is 0.242 e. The summed E-state index contributed by atoms with van der Waals surface area (Å²) in [4.78, 5) is 0. The Morgan fingerprint density at radius 2 is 1.88 bits per heavy atom. The number of rotatable bonds is 1. The quantitative estimate of drug-likeness (QED) is 0.254. The van der Waals surface area contributed by atoms with Gasteiger partial charge in [-0.2, -0.15) is 5.57 Å². The number of allylic oxidation sites excluding steroid dienone is 3. The molecule has 0 aromatic carbocycles. The average molecular weight is 134 g/mol. The molecule has 0 aromatic heterocycles. The first-order valence-corrected chi connectivity index (χ1v) is 2.30. The second kappa shape index (κ2) is 6.11. The Morgan fingerprint density at radius 1 is 1.50 bits per heavy atom. The maximum absolute atomic E-state index is 3.72. The summed E-state index contributed by atoms with van der Waals surface area (Å²) in [6.07, 6.45) is 1.81. The van der Waals surface area contributed by atoms with Crippen LogP contribution in [0.2, 0.25) is 0 Å². The van der Waals surface area contributed by atoms with Crippen LogP contribution in [0, 0.1) is 6.92 Å². The number of hydrogen-bond donors (Lipinski definition) is 0. The molecule has 0 aliphatic rings. The largest absolute Gasteiger partial charge is 1.00 e. The predicted molar refractivity (Wildman–Crippen MR) is 33.9 cm³/mol. The second-order valence-corrected chi connectivity index (χ2v) is 1.67. The van der Waals surface area contributed by atoms with E-state index in [1.807, 2.05) is 19.9 Å². The maximum Gasteiger partial charge on any atom is 1.00 e. The first kappa shape index (κ1) is 11.7. The molecule has 0 radical (unpaired) electrons. The molecule has 0 aliphatic heterocycles. The monoisotopic (exact) mass is 134 g/mol. The summed E-state index contributed by atoms with van der Waals surface area (Å²) in [6, 6.07) is 0. The fraction of sp³-hybridized carbons (Fsp3) is 0.286. The van der Waals surface area contributed by atoms with Crippen molar-refractivity contribution in [2.45, 2.75) is 13.8 Å². The van der Waals surface area contributed by atoms with E-state index in [-0.39, 0.29) is 51.4 Å². The van der Waals surface area contributed by atoms with Crippen molar-refractivity contribution >= 4 is 0 Å². The Balaban J connectivity index is 0. The van der Waals surface area contributed by atoms with Crippen LogP contribution in [0.25, 0.3) is 0 Å². The number of hydrogen-bond acceptors (Lipinski definition) is 0. The van der Waals surface area contributed by atoms with Gasteiger partial charge < -0.3 is 0 Å². The summed E-state index contributed by atoms with van der Waals surface area (Å²) in [5.74, 6) is 0. The van der Waals surface area contributed by atoms with Crippen molar-refractivity contribution in [2.24, 2.45) is 0 Å². The van der Waals surface area contributed by atoms with Crippen molar-refractivity contribution in [2.75, 3.05) is 0 Å². The minimum absolute atomic E-state index is 0. The summed E-state index contributed by atoms with van der Waals surface area (Å²) >= 11 is 0. The first-order chi connectivity index (χ1) is 3.18. The van der Waals surface area contributed by atoms with Gasteiger partial charge in [-0.3, -0.25) is 0 Å². The molecule has 0 nitrogen and oxygen atoms in total. The van der Waals surface area contributed by atoms with Crippen molar-refractivity contribution in [3.8, 4) is 0 Å². The molecule has 40 valence electrons. The minimum Gasteiger partial charge on any atom is -0.242 e. The minimum atomic E-state index is 0. The van der Waals surface area contributed by atoms with Crippen LogP contribution in [0.15, 0.2) is 23.8 Å². The molecule has 0 N–H and O–H groups in total. The van der Waals surface area contributed by atoms with Gasteiger partial charge in [0.2, 0.25) is 0 Å². The van der Waals surface area contributed by atoms with Gasteiger partial charge in [-0.1, -0.05) is 6.92 Å². The Labute approximate surface area is 94.5 Å². The van der Waals surface area contributed by atoms with Crippen molar-refractivity contribution in [3.05, 3.63) is 30.7 Å². The van der Waals surface area contributed by atoms with Gasteiger partial charge in [-0.25, -0.2) is 12.5 Å². The second-order valence-electron chi connectivity index (χ2n) is 1.67. The van der Waals surface area contributed by atoms with E-state index < -0.39 is 0 Å². The summed E-state index contributed by atoms with van der Waals surface area (Å²) in [6.45, 7) is 11.3. The molecule has 0 bridgehead atoms. The molecule has 0 aromatic rings. The molecule has 8 heavy (non-hydrogen) atoms. The molecule has 0 saturated carbocycles. The zero-order chi connectivity index (χ0) is 5.86. The van der Waals surface area contributed by atoms with E-state index in [2.05, 4.69) is 13.5 Å². The van der Waals surface area contributed by atoms with E-state index in [1.54, 1.807) is 0 Å². The third kappa shape index (κ3) is 5.13. The van der Waals surface area contributed by atoms with Crippen LogP contribution < -0.4 is 51.4 Å². The van der Waals surface area contributed by atoms with Crippen LogP contribution in [0.3, 0.4) is 0 Å². The molecule has 0 atom stereocenters. The molecule has 0 saturated heterocycles. The molecule has 0 unspecified atom stereocenters. The van der Waals surface area contributed by atoms with Gasteiger partial charge in [0.1, 0.15) is 0 Å². The molecule has 0 aliphatic carbocycles. The summed E-state index contributed by atoms with van der Waals surface area (Å²) < 4.78 is 0. The summed E-state index contributed by atoms with van der Waals surface area (Å²) in [7, 11) is 0. The van der Waals surface area contributed by atoms with Crippen LogP contribution >= 0.6 is 0 Å². The van der Waals surface area contributed by atoms with Crippen LogP contribution in [-0.2, 0) is 0 Å². The van der Waals surface area contributed by atoms with E-state index in [9.17, 15) is 0 Å². The zero-order valence-corrected chi connectivity index (χ0v) is 9.11. The van der Waals surface area contributed by atoms with Gasteiger partial charge in [0.25, 0.3) is 0 Å². The topological polar surface area (TPSA) is 0 Å². The van der Waals surface area contributed by atoms with Crippen LogP contribution in [0.5, 0.6) is 0 Å². The van der Waals surface area contributed by atoms with E-state index in [0.717, 1.165) is 5.57 Å². The molecule has 0 heterocycles. The Kier molecular flexibility index (Phi) is 8.97. The Bertz CT molecular complexity index is 97.0. The van der Waals surface area contributed by atoms with Crippen LogP contribution in [0.1, 0.15) is 13.8 Å². The maximum atomic E-state index is 3.72. The van der Waals surface area contributed by atoms with Crippen LogP contribution in [-0.4, -0.2) is 0 Å². The van der Waals surface area contributed by atoms with E-state index in [4.69, 9.17) is 0 Å². The van der Waals surface area contributed by atoms with Crippen molar-refractivity contribution in [3.63, 3.8) is 0 Å².